The van der Waals surface area contributed by atoms with Gasteiger partial charge in [0, 0.05) is 17.4 Å². The molecule has 0 spiro atoms. The van der Waals surface area contributed by atoms with Crippen LogP contribution in [0.3, 0.4) is 0 Å². The highest BCUT2D eigenvalue weighted by atomic mass is 31.1. The summed E-state index contributed by atoms with van der Waals surface area (Å²) in [7, 11) is -3.08. The third-order valence-corrected chi connectivity index (χ3v) is 3.95. The lowest BCUT2D eigenvalue weighted by Crippen LogP contribution is -2.42. The lowest BCUT2D eigenvalue weighted by atomic mass is 9.89. The van der Waals surface area contributed by atoms with Crippen LogP contribution in [0.4, 0.5) is 0 Å². The van der Waals surface area contributed by atoms with E-state index in [9.17, 15) is 19.3 Å². The Kier molecular flexibility index (Phi) is 7.81. The molecule has 0 saturated heterocycles. The molecule has 1 aromatic rings. The molecular weight excluding hydrogens is 323 g/mol. The molecule has 8 heteroatoms. The molecule has 3 N–H and O–H groups in total. The Morgan fingerprint density at radius 3 is 2.26 bits per heavy atom. The summed E-state index contributed by atoms with van der Waals surface area (Å²) in [6.45, 7) is 0. The average molecular weight is 343 g/mol. The molecular formula is C15H20O7P+. The Balaban J connectivity index is 2.79. The maximum Gasteiger partial charge on any atom is 0.695 e. The van der Waals surface area contributed by atoms with Gasteiger partial charge in [0.2, 0.25) is 5.60 Å². The van der Waals surface area contributed by atoms with Crippen molar-refractivity contribution >= 4 is 20.2 Å². The monoisotopic (exact) mass is 343 g/mol. The van der Waals surface area contributed by atoms with E-state index in [-0.39, 0.29) is 19.3 Å². The zero-order valence-corrected chi connectivity index (χ0v) is 13.4. The Hall–Kier alpha value is -1.82. The van der Waals surface area contributed by atoms with Crippen molar-refractivity contribution < 1.29 is 33.8 Å². The maximum absolute atomic E-state index is 11.7. The van der Waals surface area contributed by atoms with E-state index in [2.05, 4.69) is 0 Å². The van der Waals surface area contributed by atoms with Crippen LogP contribution in [0, 0.1) is 0 Å². The van der Waals surface area contributed by atoms with E-state index in [0.717, 1.165) is 0 Å². The molecule has 0 aliphatic carbocycles. The van der Waals surface area contributed by atoms with E-state index in [4.69, 9.17) is 14.5 Å². The van der Waals surface area contributed by atoms with E-state index in [0.29, 0.717) is 24.8 Å². The number of hydrogen-bond donors (Lipinski definition) is 3. The van der Waals surface area contributed by atoms with Crippen LogP contribution in [0.15, 0.2) is 30.3 Å². The molecule has 0 amide bonds. The Labute approximate surface area is 134 Å². The molecule has 1 aromatic carbocycles. The molecule has 2 atom stereocenters. The summed E-state index contributed by atoms with van der Waals surface area (Å²) >= 11 is 0. The van der Waals surface area contributed by atoms with Gasteiger partial charge < -0.3 is 10.2 Å². The number of benzene rings is 1. The lowest BCUT2D eigenvalue weighted by molar-refractivity contribution is -0.156. The molecule has 0 saturated carbocycles. The van der Waals surface area contributed by atoms with Crippen LogP contribution in [-0.4, -0.2) is 32.6 Å². The van der Waals surface area contributed by atoms with Crippen molar-refractivity contribution in [3.63, 3.8) is 0 Å². The number of hydrogen-bond acceptors (Lipinski definition) is 4. The number of carbonyl (C=O) groups is 2. The molecule has 1 rings (SSSR count). The summed E-state index contributed by atoms with van der Waals surface area (Å²) in [4.78, 5) is 31.2. The first kappa shape index (κ1) is 19.2. The number of aliphatic carboxylic acids is 2. The first-order valence-electron chi connectivity index (χ1n) is 7.20. The van der Waals surface area contributed by atoms with Gasteiger partial charge in [0.1, 0.15) is 0 Å². The predicted molar refractivity (Wildman–Crippen MR) is 82.1 cm³/mol. The fourth-order valence-electron chi connectivity index (χ4n) is 2.33. The van der Waals surface area contributed by atoms with Crippen molar-refractivity contribution in [2.45, 2.75) is 44.1 Å². The van der Waals surface area contributed by atoms with Crippen molar-refractivity contribution in [1.29, 1.82) is 0 Å². The number of carboxylic acids is 2. The van der Waals surface area contributed by atoms with Gasteiger partial charge in [0.15, 0.2) is 0 Å². The fourth-order valence-corrected chi connectivity index (χ4v) is 2.86. The van der Waals surface area contributed by atoms with E-state index in [1.165, 1.54) is 0 Å². The van der Waals surface area contributed by atoms with Crippen molar-refractivity contribution in [3.05, 3.63) is 35.9 Å². The van der Waals surface area contributed by atoms with Crippen LogP contribution in [0.1, 0.15) is 37.7 Å². The maximum atomic E-state index is 11.7. The predicted octanol–water partition coefficient (Wildman–Crippen LogP) is 2.75. The van der Waals surface area contributed by atoms with Gasteiger partial charge >= 0.3 is 20.2 Å². The molecule has 0 aliphatic rings. The minimum absolute atomic E-state index is 0.00782. The third-order valence-electron chi connectivity index (χ3n) is 3.45. The molecule has 0 bridgehead atoms. The van der Waals surface area contributed by atoms with Gasteiger partial charge in [-0.25, -0.2) is 4.79 Å². The summed E-state index contributed by atoms with van der Waals surface area (Å²) < 4.78 is 16.0. The summed E-state index contributed by atoms with van der Waals surface area (Å²) in [5.41, 5.74) is -1.12. The Bertz CT molecular complexity index is 546. The highest BCUT2D eigenvalue weighted by Crippen LogP contribution is 2.34. The van der Waals surface area contributed by atoms with Crippen LogP contribution in [0.2, 0.25) is 0 Å². The van der Waals surface area contributed by atoms with Gasteiger partial charge in [0.05, 0.1) is 0 Å². The SMILES string of the molecule is O=C(O)CCCCCC(Cc1ccccc1)(O[P+](=O)O)C(=O)O. The lowest BCUT2D eigenvalue weighted by Gasteiger charge is -2.23. The van der Waals surface area contributed by atoms with Gasteiger partial charge in [-0.05, 0) is 24.8 Å². The van der Waals surface area contributed by atoms with E-state index in [1.54, 1.807) is 30.3 Å². The standard InChI is InChI=1S/C15H19O7P/c16-13(17)9-5-2-6-10-15(14(18)19,22-23(20)21)11-12-7-3-1-4-8-12/h1,3-4,7-8H,2,5-6,9-11H2,(H2-,16,17,18,19,20,21)/p+1. The normalized spacial score (nSPS) is 14.0. The van der Waals surface area contributed by atoms with Crippen LogP contribution >= 0.6 is 8.25 Å². The third kappa shape index (κ3) is 6.86. The minimum Gasteiger partial charge on any atom is -0.481 e. The smallest absolute Gasteiger partial charge is 0.481 e. The summed E-state index contributed by atoms with van der Waals surface area (Å²) in [6.07, 6.45) is 1.30. The van der Waals surface area contributed by atoms with E-state index in [1.807, 2.05) is 0 Å². The van der Waals surface area contributed by atoms with Crippen LogP contribution < -0.4 is 0 Å². The summed E-state index contributed by atoms with van der Waals surface area (Å²) in [5.74, 6) is -2.22. The second-order valence-corrected chi connectivity index (χ2v) is 5.90. The topological polar surface area (TPSA) is 121 Å². The second-order valence-electron chi connectivity index (χ2n) is 5.25. The van der Waals surface area contributed by atoms with Crippen LogP contribution in [0.5, 0.6) is 0 Å². The molecule has 2 unspecified atom stereocenters. The van der Waals surface area contributed by atoms with Crippen molar-refractivity contribution in [1.82, 2.24) is 0 Å². The molecule has 0 aliphatic heterocycles. The van der Waals surface area contributed by atoms with Crippen molar-refractivity contribution in [2.75, 3.05) is 0 Å². The number of carboxylic acid groups (broad SMARTS) is 2. The quantitative estimate of drug-likeness (QED) is 0.417. The van der Waals surface area contributed by atoms with Gasteiger partial charge in [-0.3, -0.25) is 4.79 Å². The van der Waals surface area contributed by atoms with Crippen LogP contribution in [0.25, 0.3) is 0 Å². The van der Waals surface area contributed by atoms with E-state index >= 15 is 0 Å². The van der Waals surface area contributed by atoms with Crippen molar-refractivity contribution in [3.8, 4) is 0 Å². The van der Waals surface area contributed by atoms with E-state index < -0.39 is 25.8 Å². The van der Waals surface area contributed by atoms with Gasteiger partial charge in [-0.15, -0.1) is 9.42 Å². The molecule has 0 aromatic heterocycles. The highest BCUT2D eigenvalue weighted by molar-refractivity contribution is 7.32. The summed E-state index contributed by atoms with van der Waals surface area (Å²) in [6, 6.07) is 8.71. The summed E-state index contributed by atoms with van der Waals surface area (Å²) in [5, 5.41) is 18.1. The van der Waals surface area contributed by atoms with Gasteiger partial charge in [0.25, 0.3) is 0 Å². The Morgan fingerprint density at radius 2 is 1.74 bits per heavy atom. The fraction of sp³-hybridized carbons (Fsp3) is 0.467. The molecule has 23 heavy (non-hydrogen) atoms. The van der Waals surface area contributed by atoms with Gasteiger partial charge in [-0.2, -0.15) is 0 Å². The molecule has 7 nitrogen and oxygen atoms in total. The molecule has 0 radical (unpaired) electrons. The number of rotatable bonds is 11. The van der Waals surface area contributed by atoms with Crippen LogP contribution in [-0.2, 0) is 25.1 Å². The first-order valence-corrected chi connectivity index (χ1v) is 8.33. The zero-order valence-electron chi connectivity index (χ0n) is 12.6. The van der Waals surface area contributed by atoms with Gasteiger partial charge in [-0.1, -0.05) is 36.8 Å². The number of unbranched alkanes of at least 4 members (excludes halogenated alkanes) is 2. The zero-order chi connectivity index (χ0) is 17.3. The highest BCUT2D eigenvalue weighted by Gasteiger charge is 2.47. The second kappa shape index (κ2) is 9.35. The first-order chi connectivity index (χ1) is 10.9. The largest absolute Gasteiger partial charge is 0.695 e. The molecule has 0 fully saturated rings. The van der Waals surface area contributed by atoms with Crippen molar-refractivity contribution in [2.24, 2.45) is 0 Å². The molecule has 126 valence electrons. The average Bonchev–Trinajstić information content (AvgIpc) is 2.46. The minimum atomic E-state index is -3.08. The molecule has 0 heterocycles. The Morgan fingerprint density at radius 1 is 1.09 bits per heavy atom.